The Bertz CT molecular complexity index is 1010. The van der Waals surface area contributed by atoms with E-state index in [2.05, 4.69) is 20.8 Å². The number of nitrogens with one attached hydrogen (secondary N) is 3. The zero-order chi connectivity index (χ0) is 20.5. The molecule has 0 spiro atoms. The van der Waals surface area contributed by atoms with E-state index < -0.39 is 0 Å². The van der Waals surface area contributed by atoms with Crippen molar-refractivity contribution in [1.82, 2.24) is 15.7 Å². The minimum atomic E-state index is -0.181. The molecule has 1 aromatic heterocycles. The van der Waals surface area contributed by atoms with Crippen LogP contribution in [0.2, 0.25) is 5.02 Å². The third-order valence-corrected chi connectivity index (χ3v) is 4.83. The summed E-state index contributed by atoms with van der Waals surface area (Å²) in [5.41, 5.74) is 4.98. The average Bonchev–Trinajstić information content (AvgIpc) is 3.14. The molecule has 0 saturated carbocycles. The number of carbonyl (C=O) groups is 2. The SMILES string of the molecule is O=C(CCCCCNC(=O)c1ccccc1Cl)N/N=C/c1c[nH]c2ccccc12. The van der Waals surface area contributed by atoms with E-state index in [4.69, 9.17) is 11.6 Å². The fourth-order valence-corrected chi connectivity index (χ4v) is 3.18. The molecule has 0 atom stereocenters. The highest BCUT2D eigenvalue weighted by atomic mass is 35.5. The van der Waals surface area contributed by atoms with Gasteiger partial charge in [-0.1, -0.05) is 48.4 Å². The highest BCUT2D eigenvalue weighted by Gasteiger charge is 2.08. The largest absolute Gasteiger partial charge is 0.361 e. The second-order valence-electron chi connectivity index (χ2n) is 6.63. The summed E-state index contributed by atoms with van der Waals surface area (Å²) in [6.07, 6.45) is 6.25. The molecule has 0 radical (unpaired) electrons. The first-order valence-corrected chi connectivity index (χ1v) is 9.93. The molecule has 0 bridgehead atoms. The van der Waals surface area contributed by atoms with E-state index >= 15 is 0 Å². The number of H-pyrrole nitrogens is 1. The highest BCUT2D eigenvalue weighted by molar-refractivity contribution is 6.33. The lowest BCUT2D eigenvalue weighted by Gasteiger charge is -2.06. The van der Waals surface area contributed by atoms with Crippen molar-refractivity contribution in [3.05, 3.63) is 70.9 Å². The van der Waals surface area contributed by atoms with E-state index in [0.29, 0.717) is 23.6 Å². The smallest absolute Gasteiger partial charge is 0.252 e. The van der Waals surface area contributed by atoms with Gasteiger partial charge >= 0.3 is 0 Å². The minimum absolute atomic E-state index is 0.124. The summed E-state index contributed by atoms with van der Waals surface area (Å²) in [6.45, 7) is 0.546. The number of amides is 2. The fraction of sp³-hybridized carbons (Fsp3) is 0.227. The van der Waals surface area contributed by atoms with E-state index in [0.717, 1.165) is 35.7 Å². The first-order valence-electron chi connectivity index (χ1n) is 9.56. The van der Waals surface area contributed by atoms with Crippen molar-refractivity contribution in [2.75, 3.05) is 6.54 Å². The van der Waals surface area contributed by atoms with Gasteiger partial charge in [-0.2, -0.15) is 5.10 Å². The molecule has 3 rings (SSSR count). The van der Waals surface area contributed by atoms with Crippen molar-refractivity contribution in [1.29, 1.82) is 0 Å². The van der Waals surface area contributed by atoms with E-state index in [1.54, 1.807) is 30.5 Å². The second kappa shape index (κ2) is 10.4. The topological polar surface area (TPSA) is 86.3 Å². The minimum Gasteiger partial charge on any atom is -0.361 e. The van der Waals surface area contributed by atoms with E-state index in [9.17, 15) is 9.59 Å². The monoisotopic (exact) mass is 410 g/mol. The number of para-hydroxylation sites is 1. The van der Waals surface area contributed by atoms with Crippen molar-refractivity contribution >= 4 is 40.5 Å². The lowest BCUT2D eigenvalue weighted by Crippen LogP contribution is -2.24. The zero-order valence-corrected chi connectivity index (χ0v) is 16.7. The molecule has 0 aliphatic rings. The maximum Gasteiger partial charge on any atom is 0.252 e. The number of benzene rings is 2. The van der Waals surface area contributed by atoms with Gasteiger partial charge in [0.2, 0.25) is 5.91 Å². The standard InChI is InChI=1S/C22H23ClN4O2/c23-19-10-5-3-9-18(19)22(29)24-13-7-1-2-12-21(28)27-26-15-16-14-25-20-11-6-4-8-17(16)20/h3-6,8-11,14-15,25H,1-2,7,12-13H2,(H,24,29)(H,27,28)/b26-15+. The number of hydrazone groups is 1. The van der Waals surface area contributed by atoms with Crippen LogP contribution in [0.15, 0.2) is 59.8 Å². The number of hydrogen-bond donors (Lipinski definition) is 3. The molecule has 3 N–H and O–H groups in total. The highest BCUT2D eigenvalue weighted by Crippen LogP contribution is 2.16. The molecule has 0 saturated heterocycles. The summed E-state index contributed by atoms with van der Waals surface area (Å²) < 4.78 is 0. The van der Waals surface area contributed by atoms with Gasteiger partial charge in [-0.05, 0) is 31.0 Å². The summed E-state index contributed by atoms with van der Waals surface area (Å²) in [4.78, 5) is 27.1. The van der Waals surface area contributed by atoms with Gasteiger partial charge in [0, 0.05) is 35.6 Å². The second-order valence-corrected chi connectivity index (χ2v) is 7.04. The molecule has 2 amide bonds. The van der Waals surface area contributed by atoms with Crippen LogP contribution in [0.3, 0.4) is 0 Å². The van der Waals surface area contributed by atoms with Crippen LogP contribution in [0.25, 0.3) is 10.9 Å². The normalized spacial score (nSPS) is 11.1. The van der Waals surface area contributed by atoms with Gasteiger partial charge in [0.05, 0.1) is 16.8 Å². The van der Waals surface area contributed by atoms with Gasteiger partial charge in [-0.25, -0.2) is 5.43 Å². The van der Waals surface area contributed by atoms with Gasteiger partial charge in [-0.15, -0.1) is 0 Å². The predicted molar refractivity (Wildman–Crippen MR) is 116 cm³/mol. The van der Waals surface area contributed by atoms with E-state index in [-0.39, 0.29) is 11.8 Å². The lowest BCUT2D eigenvalue weighted by atomic mass is 10.1. The average molecular weight is 411 g/mol. The lowest BCUT2D eigenvalue weighted by molar-refractivity contribution is -0.121. The maximum atomic E-state index is 12.0. The Labute approximate surface area is 174 Å². The molecule has 7 heteroatoms. The molecular weight excluding hydrogens is 388 g/mol. The van der Waals surface area contributed by atoms with Crippen molar-refractivity contribution in [3.8, 4) is 0 Å². The maximum absolute atomic E-state index is 12.0. The van der Waals surface area contributed by atoms with Gasteiger partial charge in [-0.3, -0.25) is 9.59 Å². The zero-order valence-electron chi connectivity index (χ0n) is 16.0. The Morgan fingerprint density at radius 1 is 1.03 bits per heavy atom. The number of unbranched alkanes of at least 4 members (excludes halogenated alkanes) is 2. The van der Waals surface area contributed by atoms with Crippen molar-refractivity contribution in [3.63, 3.8) is 0 Å². The summed E-state index contributed by atoms with van der Waals surface area (Å²) in [5, 5.41) is 8.37. The molecule has 0 fully saturated rings. The molecule has 1 heterocycles. The number of fused-ring (bicyclic) bond motifs is 1. The van der Waals surface area contributed by atoms with Gasteiger partial charge in [0.15, 0.2) is 0 Å². The molecule has 2 aromatic carbocycles. The molecular formula is C22H23ClN4O2. The number of nitrogens with zero attached hydrogens (tertiary/aromatic N) is 1. The Balaban J connectivity index is 1.30. The number of rotatable bonds is 9. The van der Waals surface area contributed by atoms with Crippen LogP contribution in [-0.2, 0) is 4.79 Å². The van der Waals surface area contributed by atoms with E-state index in [1.165, 1.54) is 0 Å². The first kappa shape index (κ1) is 20.6. The Morgan fingerprint density at radius 3 is 2.69 bits per heavy atom. The van der Waals surface area contributed by atoms with Crippen LogP contribution in [0, 0.1) is 0 Å². The first-order chi connectivity index (χ1) is 14.1. The molecule has 0 aliphatic carbocycles. The summed E-state index contributed by atoms with van der Waals surface area (Å²) >= 11 is 6.00. The molecule has 150 valence electrons. The Morgan fingerprint density at radius 2 is 1.83 bits per heavy atom. The fourth-order valence-electron chi connectivity index (χ4n) is 2.96. The number of carbonyl (C=O) groups excluding carboxylic acids is 2. The van der Waals surface area contributed by atoms with Crippen LogP contribution in [-0.4, -0.2) is 29.6 Å². The van der Waals surface area contributed by atoms with Gasteiger partial charge in [0.1, 0.15) is 0 Å². The predicted octanol–water partition coefficient (Wildman–Crippen LogP) is 4.26. The number of hydrogen-bond acceptors (Lipinski definition) is 3. The summed E-state index contributed by atoms with van der Waals surface area (Å²) in [6, 6.07) is 14.9. The number of aromatic nitrogens is 1. The van der Waals surface area contributed by atoms with Crippen LogP contribution in [0.1, 0.15) is 41.6 Å². The van der Waals surface area contributed by atoms with Crippen molar-refractivity contribution in [2.24, 2.45) is 5.10 Å². The van der Waals surface area contributed by atoms with Gasteiger partial charge < -0.3 is 10.3 Å². The summed E-state index contributed by atoms with van der Waals surface area (Å²) in [7, 11) is 0. The van der Waals surface area contributed by atoms with Crippen molar-refractivity contribution < 1.29 is 9.59 Å². The molecule has 29 heavy (non-hydrogen) atoms. The Hall–Kier alpha value is -3.12. The third kappa shape index (κ3) is 5.93. The molecule has 0 aliphatic heterocycles. The van der Waals surface area contributed by atoms with E-state index in [1.807, 2.05) is 30.5 Å². The molecule has 6 nitrogen and oxygen atoms in total. The van der Waals surface area contributed by atoms with Gasteiger partial charge in [0.25, 0.3) is 5.91 Å². The Kier molecular flexibility index (Phi) is 7.41. The van der Waals surface area contributed by atoms with Crippen LogP contribution < -0.4 is 10.7 Å². The number of halogens is 1. The third-order valence-electron chi connectivity index (χ3n) is 4.50. The van der Waals surface area contributed by atoms with Crippen LogP contribution in [0.5, 0.6) is 0 Å². The van der Waals surface area contributed by atoms with Crippen LogP contribution >= 0.6 is 11.6 Å². The van der Waals surface area contributed by atoms with Crippen LogP contribution in [0.4, 0.5) is 0 Å². The molecule has 3 aromatic rings. The molecule has 0 unspecified atom stereocenters. The quantitative estimate of drug-likeness (QED) is 0.279. The number of aromatic amines is 1. The summed E-state index contributed by atoms with van der Waals surface area (Å²) in [5.74, 6) is -0.304. The van der Waals surface area contributed by atoms with Crippen molar-refractivity contribution in [2.45, 2.75) is 25.7 Å².